The standard InChI is InChI=1S/C6H14.C4H10O.C2H6O/c1-3-5-6-4-2;1-2-3-4-5;1-2-3/h3-6H2,1-2H3;5H,2-4H2,1H3;3H,2H2,1H3. The van der Waals surface area contributed by atoms with E-state index in [0.717, 1.165) is 12.8 Å². The zero-order valence-corrected chi connectivity index (χ0v) is 10.6. The summed E-state index contributed by atoms with van der Waals surface area (Å²) in [7, 11) is 0. The van der Waals surface area contributed by atoms with E-state index in [1.165, 1.54) is 25.7 Å². The molecule has 0 unspecified atom stereocenters. The minimum absolute atomic E-state index is 0.250. The van der Waals surface area contributed by atoms with Crippen LogP contribution < -0.4 is 0 Å². The zero-order valence-electron chi connectivity index (χ0n) is 10.6. The minimum Gasteiger partial charge on any atom is -0.397 e. The van der Waals surface area contributed by atoms with Crippen LogP contribution >= 0.6 is 0 Å². The summed E-state index contributed by atoms with van der Waals surface area (Å²) in [5, 5.41) is 15.6. The van der Waals surface area contributed by atoms with Gasteiger partial charge in [-0.1, -0.05) is 52.9 Å². The van der Waals surface area contributed by atoms with Gasteiger partial charge >= 0.3 is 0 Å². The van der Waals surface area contributed by atoms with Crippen molar-refractivity contribution >= 4 is 0 Å². The summed E-state index contributed by atoms with van der Waals surface area (Å²) in [6.07, 6.45) is 7.57. The summed E-state index contributed by atoms with van der Waals surface area (Å²) in [5.41, 5.74) is 0. The maximum Gasteiger partial charge on any atom is 0.0430 e. The highest BCUT2D eigenvalue weighted by molar-refractivity contribution is 4.31. The van der Waals surface area contributed by atoms with Crippen molar-refractivity contribution in [1.29, 1.82) is 0 Å². The van der Waals surface area contributed by atoms with Crippen LogP contribution in [0.3, 0.4) is 0 Å². The molecule has 0 spiro atoms. The third-order valence-corrected chi connectivity index (χ3v) is 1.47. The molecule has 0 atom stereocenters. The Balaban J connectivity index is -0.000000138. The van der Waals surface area contributed by atoms with Crippen LogP contribution in [0.25, 0.3) is 0 Å². The van der Waals surface area contributed by atoms with E-state index < -0.39 is 0 Å². The first kappa shape index (κ1) is 19.5. The van der Waals surface area contributed by atoms with Crippen LogP contribution in [0, 0.1) is 0 Å². The summed E-state index contributed by atoms with van der Waals surface area (Å²) in [4.78, 5) is 0. The normalized spacial score (nSPS) is 8.14. The van der Waals surface area contributed by atoms with Gasteiger partial charge in [0.25, 0.3) is 0 Å². The lowest BCUT2D eigenvalue weighted by molar-refractivity contribution is 0.287. The van der Waals surface area contributed by atoms with Crippen LogP contribution in [0.1, 0.15) is 66.2 Å². The van der Waals surface area contributed by atoms with E-state index in [4.69, 9.17) is 10.2 Å². The Morgan fingerprint density at radius 1 is 0.643 bits per heavy atom. The number of hydrogen-bond acceptors (Lipinski definition) is 2. The van der Waals surface area contributed by atoms with Crippen molar-refractivity contribution in [2.45, 2.75) is 66.2 Å². The second kappa shape index (κ2) is 29.3. The van der Waals surface area contributed by atoms with Crippen LogP contribution in [0.15, 0.2) is 0 Å². The van der Waals surface area contributed by atoms with Gasteiger partial charge in [0.05, 0.1) is 0 Å². The van der Waals surface area contributed by atoms with Crippen molar-refractivity contribution < 1.29 is 10.2 Å². The van der Waals surface area contributed by atoms with Crippen LogP contribution in [0.4, 0.5) is 0 Å². The molecule has 0 rings (SSSR count). The lowest BCUT2D eigenvalue weighted by Crippen LogP contribution is -1.75. The van der Waals surface area contributed by atoms with E-state index in [0.29, 0.717) is 6.61 Å². The van der Waals surface area contributed by atoms with Gasteiger partial charge in [-0.05, 0) is 13.3 Å². The molecule has 0 aliphatic heterocycles. The van der Waals surface area contributed by atoms with Gasteiger partial charge in [-0.25, -0.2) is 0 Å². The third-order valence-electron chi connectivity index (χ3n) is 1.47. The van der Waals surface area contributed by atoms with Crippen LogP contribution in [-0.4, -0.2) is 23.4 Å². The zero-order chi connectivity index (χ0) is 11.7. The molecular formula is C12H30O2. The molecule has 2 nitrogen and oxygen atoms in total. The number of unbranched alkanes of at least 4 members (excludes halogenated alkanes) is 4. The highest BCUT2D eigenvalue weighted by Crippen LogP contribution is 1.95. The monoisotopic (exact) mass is 206 g/mol. The fourth-order valence-corrected chi connectivity index (χ4v) is 0.658. The van der Waals surface area contributed by atoms with Gasteiger partial charge in [-0.2, -0.15) is 0 Å². The van der Waals surface area contributed by atoms with Gasteiger partial charge in [0.2, 0.25) is 0 Å². The van der Waals surface area contributed by atoms with Crippen molar-refractivity contribution in [3.63, 3.8) is 0 Å². The molecular weight excluding hydrogens is 176 g/mol. The van der Waals surface area contributed by atoms with E-state index in [2.05, 4.69) is 20.8 Å². The van der Waals surface area contributed by atoms with Gasteiger partial charge in [-0.3, -0.25) is 0 Å². The molecule has 0 aromatic carbocycles. The first-order valence-corrected chi connectivity index (χ1v) is 5.96. The minimum atomic E-state index is 0.250. The second-order valence-corrected chi connectivity index (χ2v) is 3.10. The van der Waals surface area contributed by atoms with Gasteiger partial charge in [-0.15, -0.1) is 0 Å². The molecule has 90 valence electrons. The summed E-state index contributed by atoms with van der Waals surface area (Å²) >= 11 is 0. The first-order valence-electron chi connectivity index (χ1n) is 5.96. The van der Waals surface area contributed by atoms with E-state index in [1.807, 2.05) is 0 Å². The number of aliphatic hydroxyl groups is 2. The van der Waals surface area contributed by atoms with E-state index >= 15 is 0 Å². The molecule has 0 fully saturated rings. The third kappa shape index (κ3) is 58.7. The molecule has 14 heavy (non-hydrogen) atoms. The molecule has 0 aromatic rings. The summed E-state index contributed by atoms with van der Waals surface area (Å²) in [5.74, 6) is 0. The molecule has 2 N–H and O–H groups in total. The van der Waals surface area contributed by atoms with Gasteiger partial charge < -0.3 is 10.2 Å². The largest absolute Gasteiger partial charge is 0.397 e. The van der Waals surface area contributed by atoms with Crippen LogP contribution in [-0.2, 0) is 0 Å². The summed E-state index contributed by atoms with van der Waals surface area (Å²) in [6.45, 7) is 8.79. The molecule has 0 bridgehead atoms. The van der Waals surface area contributed by atoms with Crippen molar-refractivity contribution in [1.82, 2.24) is 0 Å². The Bertz CT molecular complexity index is 50.3. The van der Waals surface area contributed by atoms with Crippen LogP contribution in [0.5, 0.6) is 0 Å². The predicted molar refractivity (Wildman–Crippen MR) is 64.6 cm³/mol. The van der Waals surface area contributed by atoms with Crippen LogP contribution in [0.2, 0.25) is 0 Å². The first-order chi connectivity index (χ1) is 6.74. The number of aliphatic hydroxyl groups excluding tert-OH is 2. The summed E-state index contributed by atoms with van der Waals surface area (Å²) < 4.78 is 0. The molecule has 2 heteroatoms. The van der Waals surface area contributed by atoms with Gasteiger partial charge in [0.15, 0.2) is 0 Å². The maximum atomic E-state index is 8.07. The van der Waals surface area contributed by atoms with Crippen molar-refractivity contribution in [2.24, 2.45) is 0 Å². The average Bonchev–Trinajstić information content (AvgIpc) is 2.18. The highest BCUT2D eigenvalue weighted by Gasteiger charge is 1.75. The molecule has 0 saturated heterocycles. The molecule has 0 amide bonds. The van der Waals surface area contributed by atoms with Gasteiger partial charge in [0.1, 0.15) is 0 Å². The molecule has 0 aliphatic rings. The van der Waals surface area contributed by atoms with E-state index in [1.54, 1.807) is 6.92 Å². The van der Waals surface area contributed by atoms with E-state index in [-0.39, 0.29) is 6.61 Å². The smallest absolute Gasteiger partial charge is 0.0430 e. The molecule has 0 aliphatic carbocycles. The van der Waals surface area contributed by atoms with Crippen molar-refractivity contribution in [3.05, 3.63) is 0 Å². The second-order valence-electron chi connectivity index (χ2n) is 3.10. The Morgan fingerprint density at radius 2 is 0.929 bits per heavy atom. The molecule has 0 aromatic heterocycles. The maximum absolute atomic E-state index is 8.07. The highest BCUT2D eigenvalue weighted by atomic mass is 16.3. The molecule has 0 heterocycles. The predicted octanol–water partition coefficient (Wildman–Crippen LogP) is 3.36. The molecule has 0 saturated carbocycles. The summed E-state index contributed by atoms with van der Waals surface area (Å²) in [6, 6.07) is 0. The quantitative estimate of drug-likeness (QED) is 0.677. The Morgan fingerprint density at radius 3 is 1.00 bits per heavy atom. The fraction of sp³-hybridized carbons (Fsp3) is 1.00. The SMILES string of the molecule is CCCCCC.CCCCO.CCO. The average molecular weight is 206 g/mol. The molecule has 0 radical (unpaired) electrons. The lowest BCUT2D eigenvalue weighted by Gasteiger charge is -1.86. The Hall–Kier alpha value is -0.0800. The van der Waals surface area contributed by atoms with E-state index in [9.17, 15) is 0 Å². The topological polar surface area (TPSA) is 40.5 Å². The number of hydrogen-bond donors (Lipinski definition) is 2. The van der Waals surface area contributed by atoms with Crippen molar-refractivity contribution in [2.75, 3.05) is 13.2 Å². The fourth-order valence-electron chi connectivity index (χ4n) is 0.658. The lowest BCUT2D eigenvalue weighted by atomic mass is 10.2. The Labute approximate surface area is 90.4 Å². The van der Waals surface area contributed by atoms with Crippen molar-refractivity contribution in [3.8, 4) is 0 Å². The Kier molecular flexibility index (Phi) is 40.7. The number of rotatable bonds is 5. The van der Waals surface area contributed by atoms with Gasteiger partial charge in [0, 0.05) is 13.2 Å².